The number of aromatic nitrogens is 5. The van der Waals surface area contributed by atoms with Gasteiger partial charge in [0.25, 0.3) is 5.91 Å². The molecule has 6 rings (SSSR count). The van der Waals surface area contributed by atoms with Crippen LogP contribution in [0.2, 0.25) is 0 Å². The van der Waals surface area contributed by atoms with Gasteiger partial charge in [0, 0.05) is 54.6 Å². The first-order chi connectivity index (χ1) is 22.3. The van der Waals surface area contributed by atoms with E-state index in [0.29, 0.717) is 24.8 Å². The fourth-order valence-corrected chi connectivity index (χ4v) is 6.57. The molecule has 2 aliphatic rings. The topological polar surface area (TPSA) is 114 Å². The van der Waals surface area contributed by atoms with Crippen molar-refractivity contribution >= 4 is 34.9 Å². The first-order valence-electron chi connectivity index (χ1n) is 15.0. The quantitative estimate of drug-likeness (QED) is 0.208. The molecule has 1 atom stereocenters. The van der Waals surface area contributed by atoms with Crippen LogP contribution in [0.4, 0.5) is 14.5 Å². The van der Waals surface area contributed by atoms with Crippen molar-refractivity contribution in [3.63, 3.8) is 0 Å². The van der Waals surface area contributed by atoms with Gasteiger partial charge in [-0.1, -0.05) is 0 Å². The van der Waals surface area contributed by atoms with Crippen LogP contribution in [-0.4, -0.2) is 97.1 Å². The minimum atomic E-state index is -3.08. The van der Waals surface area contributed by atoms with Crippen molar-refractivity contribution in [3.8, 4) is 17.0 Å². The van der Waals surface area contributed by atoms with Crippen molar-refractivity contribution in [3.05, 3.63) is 66.0 Å². The van der Waals surface area contributed by atoms with Gasteiger partial charge in [0.2, 0.25) is 11.9 Å². The van der Waals surface area contributed by atoms with Crippen molar-refractivity contribution in [1.29, 1.82) is 0 Å². The van der Waals surface area contributed by atoms with Crippen LogP contribution in [0.5, 0.6) is 5.75 Å². The van der Waals surface area contributed by atoms with Crippen LogP contribution in [0.15, 0.2) is 53.9 Å². The van der Waals surface area contributed by atoms with Gasteiger partial charge in [-0.3, -0.25) is 19.2 Å². The number of anilines is 1. The lowest BCUT2D eigenvalue weighted by molar-refractivity contribution is -0.133. The van der Waals surface area contributed by atoms with Crippen LogP contribution in [0, 0.1) is 6.57 Å². The highest BCUT2D eigenvalue weighted by Gasteiger charge is 2.32. The highest BCUT2D eigenvalue weighted by atomic mass is 32.2. The molecular formula is C31H33F2N9O3S. The fraction of sp³-hybridized carbons (Fsp3) is 0.419. The molecule has 2 fully saturated rings. The van der Waals surface area contributed by atoms with Crippen molar-refractivity contribution in [2.24, 2.45) is 0 Å². The van der Waals surface area contributed by atoms with E-state index in [0.717, 1.165) is 43.7 Å². The van der Waals surface area contributed by atoms with E-state index in [-0.39, 0.29) is 46.8 Å². The summed E-state index contributed by atoms with van der Waals surface area (Å²) >= 11 is 1.41. The van der Waals surface area contributed by atoms with E-state index in [1.54, 1.807) is 35.5 Å². The summed E-state index contributed by atoms with van der Waals surface area (Å²) in [6, 6.07) is 6.83. The van der Waals surface area contributed by atoms with Gasteiger partial charge in [-0.05, 0) is 56.3 Å². The Morgan fingerprint density at radius 1 is 1.22 bits per heavy atom. The average Bonchev–Trinajstić information content (AvgIpc) is 3.68. The van der Waals surface area contributed by atoms with Gasteiger partial charge in [0.15, 0.2) is 5.65 Å². The van der Waals surface area contributed by atoms with Gasteiger partial charge in [0.1, 0.15) is 23.6 Å². The fourth-order valence-electron chi connectivity index (χ4n) is 6.13. The number of rotatable bonds is 9. The molecule has 15 heteroatoms. The summed E-state index contributed by atoms with van der Waals surface area (Å²) in [6.07, 6.45) is 11.6. The highest BCUT2D eigenvalue weighted by molar-refractivity contribution is 7.98. The lowest BCUT2D eigenvalue weighted by Gasteiger charge is -2.40. The van der Waals surface area contributed by atoms with Gasteiger partial charge in [0.05, 0.1) is 18.4 Å². The van der Waals surface area contributed by atoms with Crippen molar-refractivity contribution in [2.45, 2.75) is 55.8 Å². The van der Waals surface area contributed by atoms with Gasteiger partial charge >= 0.3 is 6.61 Å². The first-order valence-corrected chi connectivity index (χ1v) is 16.2. The molecule has 12 nitrogen and oxygen atoms in total. The SMILES string of the molecule is [C-]#[N+][C@@H]1CCCN(C2CCN(C(=O)Cn3cc(NC(=O)c4cnn5cccnc45)c(-c4cc(SC)ccc4OC(F)F)n3)CC2)C1. The van der Waals surface area contributed by atoms with E-state index in [1.165, 1.54) is 39.4 Å². The minimum Gasteiger partial charge on any atom is -0.434 e. The molecule has 3 aromatic heterocycles. The second-order valence-electron chi connectivity index (χ2n) is 11.3. The number of carbonyl (C=O) groups is 2. The summed E-state index contributed by atoms with van der Waals surface area (Å²) in [4.78, 5) is 39.8. The number of amides is 2. The minimum absolute atomic E-state index is 0.0458. The number of thioether (sulfide) groups is 1. The monoisotopic (exact) mass is 649 g/mol. The Hall–Kier alpha value is -4.55. The molecule has 240 valence electrons. The molecule has 2 amide bonds. The molecule has 5 heterocycles. The van der Waals surface area contributed by atoms with Gasteiger partial charge in [-0.2, -0.15) is 19.0 Å². The molecule has 4 aromatic rings. The molecule has 0 aliphatic carbocycles. The number of nitrogens with one attached hydrogen (secondary N) is 1. The summed E-state index contributed by atoms with van der Waals surface area (Å²) in [5.41, 5.74) is 1.18. The molecule has 1 N–H and O–H groups in total. The maximum atomic E-state index is 13.5. The first kappa shape index (κ1) is 31.4. The number of hydrogen-bond donors (Lipinski definition) is 1. The number of ether oxygens (including phenoxy) is 1. The maximum absolute atomic E-state index is 13.5. The molecule has 1 aromatic carbocycles. The molecule has 2 saturated heterocycles. The van der Waals surface area contributed by atoms with Crippen LogP contribution in [-0.2, 0) is 11.3 Å². The van der Waals surface area contributed by atoms with E-state index in [1.807, 2.05) is 6.26 Å². The number of piperidine rings is 2. The van der Waals surface area contributed by atoms with E-state index in [4.69, 9.17) is 11.3 Å². The average molecular weight is 650 g/mol. The zero-order valence-electron chi connectivity index (χ0n) is 25.2. The van der Waals surface area contributed by atoms with Gasteiger partial charge < -0.3 is 19.8 Å². The van der Waals surface area contributed by atoms with Crippen LogP contribution in [0.3, 0.4) is 0 Å². The number of hydrogen-bond acceptors (Lipinski definition) is 8. The van der Waals surface area contributed by atoms with E-state index >= 15 is 0 Å². The van der Waals surface area contributed by atoms with Crippen molar-refractivity contribution in [2.75, 3.05) is 37.8 Å². The van der Waals surface area contributed by atoms with Crippen molar-refractivity contribution < 1.29 is 23.1 Å². The summed E-state index contributed by atoms with van der Waals surface area (Å²) in [5, 5.41) is 11.6. The Morgan fingerprint density at radius 3 is 2.80 bits per heavy atom. The maximum Gasteiger partial charge on any atom is 0.387 e. The molecular weight excluding hydrogens is 616 g/mol. The number of fused-ring (bicyclic) bond motifs is 1. The summed E-state index contributed by atoms with van der Waals surface area (Å²) in [5.74, 6) is -0.784. The van der Waals surface area contributed by atoms with E-state index < -0.39 is 12.5 Å². The summed E-state index contributed by atoms with van der Waals surface area (Å²) < 4.78 is 34.5. The Kier molecular flexibility index (Phi) is 9.46. The zero-order valence-corrected chi connectivity index (χ0v) is 26.0. The molecule has 0 saturated carbocycles. The molecule has 0 unspecified atom stereocenters. The number of halogens is 2. The highest BCUT2D eigenvalue weighted by Crippen LogP contribution is 2.38. The Labute approximate surface area is 268 Å². The number of nitrogens with zero attached hydrogens (tertiary/aromatic N) is 8. The number of benzene rings is 1. The molecule has 0 bridgehead atoms. The van der Waals surface area contributed by atoms with Crippen LogP contribution < -0.4 is 10.1 Å². The molecule has 46 heavy (non-hydrogen) atoms. The number of carbonyl (C=O) groups excluding carboxylic acids is 2. The molecule has 0 spiro atoms. The standard InChI is InChI=1S/C31H33F2N9O3S/c1-34-20-5-3-11-40(17-20)21-8-13-39(14-9-21)27(43)19-41-18-25(37-30(44)24-16-36-42-12-4-10-35-29(24)42)28(38-41)23-15-22(46-2)6-7-26(23)45-31(32)33/h4,6-7,10,12,15-16,18,20-21,31H,3,5,8-9,11,13-14,17,19H2,2H3,(H,37,44)/t20-/m1/s1. The molecule has 0 radical (unpaired) electrons. The third-order valence-corrected chi connectivity index (χ3v) is 9.16. The predicted molar refractivity (Wildman–Crippen MR) is 168 cm³/mol. The number of alkyl halides is 2. The van der Waals surface area contributed by atoms with Gasteiger partial charge in [-0.25, -0.2) is 16.1 Å². The predicted octanol–water partition coefficient (Wildman–Crippen LogP) is 4.54. The normalized spacial score (nSPS) is 17.7. The number of likely N-dealkylation sites (tertiary alicyclic amines) is 2. The third kappa shape index (κ3) is 6.82. The van der Waals surface area contributed by atoms with Crippen LogP contribution in [0.25, 0.3) is 21.7 Å². The summed E-state index contributed by atoms with van der Waals surface area (Å²) in [6.45, 7) is 7.16. The smallest absolute Gasteiger partial charge is 0.387 e. The lowest BCUT2D eigenvalue weighted by Crippen LogP contribution is -2.50. The van der Waals surface area contributed by atoms with E-state index in [9.17, 15) is 18.4 Å². The second-order valence-corrected chi connectivity index (χ2v) is 12.1. The lowest BCUT2D eigenvalue weighted by atomic mass is 9.98. The van der Waals surface area contributed by atoms with Crippen LogP contribution in [0.1, 0.15) is 36.0 Å². The van der Waals surface area contributed by atoms with E-state index in [2.05, 4.69) is 30.2 Å². The van der Waals surface area contributed by atoms with Crippen LogP contribution >= 0.6 is 11.8 Å². The Bertz CT molecular complexity index is 1760. The Balaban J connectivity index is 1.24. The largest absolute Gasteiger partial charge is 0.434 e. The zero-order chi connectivity index (χ0) is 32.2. The summed E-state index contributed by atoms with van der Waals surface area (Å²) in [7, 11) is 0. The second kappa shape index (κ2) is 13.8. The van der Waals surface area contributed by atoms with Gasteiger partial charge in [-0.15, -0.1) is 11.8 Å². The van der Waals surface area contributed by atoms with Crippen molar-refractivity contribution in [1.82, 2.24) is 34.2 Å². The third-order valence-electron chi connectivity index (χ3n) is 8.43. The molecule has 2 aliphatic heterocycles. The Morgan fingerprint density at radius 2 is 2.04 bits per heavy atom.